The normalized spacial score (nSPS) is 14.2. The highest BCUT2D eigenvalue weighted by Gasteiger charge is 2.22. The second-order valence-corrected chi connectivity index (χ2v) is 6.94. The topological polar surface area (TPSA) is 57.2 Å². The van der Waals surface area contributed by atoms with Gasteiger partial charge in [-0.1, -0.05) is 48.5 Å². The van der Waals surface area contributed by atoms with E-state index >= 15 is 0 Å². The molecule has 0 aliphatic carbocycles. The minimum Gasteiger partial charge on any atom is -0.497 e. The maximum absolute atomic E-state index is 10.2. The summed E-state index contributed by atoms with van der Waals surface area (Å²) in [5.41, 5.74) is 2.12. The number of rotatable bonds is 14. The van der Waals surface area contributed by atoms with Crippen LogP contribution in [0, 0.1) is 0 Å². The Balaban J connectivity index is 1.84. The van der Waals surface area contributed by atoms with Crippen LogP contribution < -0.4 is 4.74 Å². The molecule has 0 bridgehead atoms. The van der Waals surface area contributed by atoms with Crippen LogP contribution in [0.25, 0.3) is 0 Å². The number of ether oxygens (including phenoxy) is 4. The Labute approximate surface area is 173 Å². The average Bonchev–Trinajstić information content (AvgIpc) is 2.75. The lowest BCUT2D eigenvalue weighted by Gasteiger charge is -2.26. The zero-order valence-corrected chi connectivity index (χ0v) is 17.3. The molecule has 5 nitrogen and oxygen atoms in total. The van der Waals surface area contributed by atoms with Gasteiger partial charge in [-0.25, -0.2) is 0 Å². The first kappa shape index (κ1) is 23.1. The second-order valence-electron chi connectivity index (χ2n) is 6.94. The number of hydrogen-bond acceptors (Lipinski definition) is 5. The molecule has 0 heterocycles. The fraction of sp³-hybridized carbons (Fsp3) is 0.417. The van der Waals surface area contributed by atoms with Crippen molar-refractivity contribution in [2.45, 2.75) is 51.3 Å². The molecule has 0 aromatic heterocycles. The fourth-order valence-electron chi connectivity index (χ4n) is 2.87. The van der Waals surface area contributed by atoms with Gasteiger partial charge in [0, 0.05) is 6.42 Å². The Morgan fingerprint density at radius 1 is 0.966 bits per heavy atom. The lowest BCUT2D eigenvalue weighted by Crippen LogP contribution is -2.33. The molecule has 0 amide bonds. The standard InChI is InChI=1S/C24H32O5/c1-4-8-22(25)15-24(28-17-21-11-13-23(26-3)14-12-21)19(2)29-18-27-16-20-9-6-5-7-10-20/h4-7,9-14,19,22,24-25H,1,8,15-18H2,2-3H3/t19-,22+,24-/m1/s1. The smallest absolute Gasteiger partial charge is 0.147 e. The van der Waals surface area contributed by atoms with Crippen molar-refractivity contribution in [3.8, 4) is 5.75 Å². The molecule has 5 heteroatoms. The summed E-state index contributed by atoms with van der Waals surface area (Å²) >= 11 is 0. The molecule has 2 aromatic rings. The van der Waals surface area contributed by atoms with E-state index in [9.17, 15) is 5.11 Å². The van der Waals surface area contributed by atoms with Crippen molar-refractivity contribution >= 4 is 0 Å². The van der Waals surface area contributed by atoms with E-state index in [1.165, 1.54) is 0 Å². The van der Waals surface area contributed by atoms with Crippen LogP contribution in [0.5, 0.6) is 5.75 Å². The number of benzene rings is 2. The van der Waals surface area contributed by atoms with Crippen LogP contribution in [0.15, 0.2) is 67.3 Å². The number of aliphatic hydroxyl groups is 1. The lowest BCUT2D eigenvalue weighted by atomic mass is 10.0. The van der Waals surface area contributed by atoms with E-state index in [1.807, 2.05) is 61.5 Å². The van der Waals surface area contributed by atoms with Gasteiger partial charge in [0.2, 0.25) is 0 Å². The molecule has 29 heavy (non-hydrogen) atoms. The van der Waals surface area contributed by atoms with Gasteiger partial charge in [-0.2, -0.15) is 0 Å². The van der Waals surface area contributed by atoms with Crippen molar-refractivity contribution in [1.82, 2.24) is 0 Å². The van der Waals surface area contributed by atoms with Crippen LogP contribution in [0.3, 0.4) is 0 Å². The summed E-state index contributed by atoms with van der Waals surface area (Å²) in [7, 11) is 1.64. The molecule has 2 aromatic carbocycles. The van der Waals surface area contributed by atoms with Crippen molar-refractivity contribution in [1.29, 1.82) is 0 Å². The maximum Gasteiger partial charge on any atom is 0.147 e. The summed E-state index contributed by atoms with van der Waals surface area (Å²) in [5, 5.41) is 10.2. The first-order valence-electron chi connectivity index (χ1n) is 9.89. The first-order chi connectivity index (χ1) is 14.1. The molecule has 0 fully saturated rings. The van der Waals surface area contributed by atoms with Crippen LogP contribution in [0.2, 0.25) is 0 Å². The predicted octanol–water partition coefficient (Wildman–Crippen LogP) is 4.49. The number of methoxy groups -OCH3 is 1. The molecule has 0 saturated heterocycles. The van der Waals surface area contributed by atoms with E-state index in [1.54, 1.807) is 13.2 Å². The molecule has 158 valence electrons. The summed E-state index contributed by atoms with van der Waals surface area (Å²) in [5.74, 6) is 0.805. The Bertz CT molecular complexity index is 686. The molecule has 0 aliphatic rings. The summed E-state index contributed by atoms with van der Waals surface area (Å²) in [6.45, 7) is 6.70. The summed E-state index contributed by atoms with van der Waals surface area (Å²) in [6, 6.07) is 17.7. The van der Waals surface area contributed by atoms with Gasteiger partial charge in [-0.15, -0.1) is 6.58 Å². The monoisotopic (exact) mass is 400 g/mol. The van der Waals surface area contributed by atoms with Crippen molar-refractivity contribution in [3.63, 3.8) is 0 Å². The van der Waals surface area contributed by atoms with Crippen LogP contribution in [-0.4, -0.2) is 37.3 Å². The van der Waals surface area contributed by atoms with Gasteiger partial charge in [0.1, 0.15) is 12.5 Å². The Morgan fingerprint density at radius 2 is 1.66 bits per heavy atom. The van der Waals surface area contributed by atoms with Gasteiger partial charge in [0.15, 0.2) is 0 Å². The van der Waals surface area contributed by atoms with Crippen molar-refractivity contribution in [2.75, 3.05) is 13.9 Å². The molecule has 3 atom stereocenters. The number of aliphatic hydroxyl groups excluding tert-OH is 1. The maximum atomic E-state index is 10.2. The molecule has 0 unspecified atom stereocenters. The Morgan fingerprint density at radius 3 is 2.31 bits per heavy atom. The molecule has 1 N–H and O–H groups in total. The average molecular weight is 401 g/mol. The third-order valence-corrected chi connectivity index (χ3v) is 4.62. The van der Waals surface area contributed by atoms with Gasteiger partial charge in [-0.3, -0.25) is 0 Å². The van der Waals surface area contributed by atoms with Crippen LogP contribution in [-0.2, 0) is 27.4 Å². The Hall–Kier alpha value is -2.18. The van der Waals surface area contributed by atoms with Gasteiger partial charge < -0.3 is 24.1 Å². The van der Waals surface area contributed by atoms with E-state index in [-0.39, 0.29) is 19.0 Å². The highest BCUT2D eigenvalue weighted by Crippen LogP contribution is 2.18. The molecule has 0 spiro atoms. The highest BCUT2D eigenvalue weighted by molar-refractivity contribution is 5.26. The van der Waals surface area contributed by atoms with Crippen LogP contribution >= 0.6 is 0 Å². The Kier molecular flexibility index (Phi) is 10.5. The van der Waals surface area contributed by atoms with E-state index in [2.05, 4.69) is 6.58 Å². The lowest BCUT2D eigenvalue weighted by molar-refractivity contribution is -0.145. The van der Waals surface area contributed by atoms with E-state index in [4.69, 9.17) is 18.9 Å². The van der Waals surface area contributed by atoms with Gasteiger partial charge in [0.05, 0.1) is 38.6 Å². The van der Waals surface area contributed by atoms with Crippen molar-refractivity contribution in [2.24, 2.45) is 0 Å². The number of hydrogen-bond donors (Lipinski definition) is 1. The largest absolute Gasteiger partial charge is 0.497 e. The van der Waals surface area contributed by atoms with Crippen LogP contribution in [0.1, 0.15) is 30.9 Å². The predicted molar refractivity (Wildman–Crippen MR) is 114 cm³/mol. The summed E-state index contributed by atoms with van der Waals surface area (Å²) in [6.07, 6.45) is 1.65. The first-order valence-corrected chi connectivity index (χ1v) is 9.89. The minimum absolute atomic E-state index is 0.163. The van der Waals surface area contributed by atoms with Gasteiger partial charge in [-0.05, 0) is 36.6 Å². The summed E-state index contributed by atoms with van der Waals surface area (Å²) < 4.78 is 22.7. The third kappa shape index (κ3) is 8.79. The van der Waals surface area contributed by atoms with Crippen LogP contribution in [0.4, 0.5) is 0 Å². The van der Waals surface area contributed by atoms with E-state index < -0.39 is 6.10 Å². The van der Waals surface area contributed by atoms with Gasteiger partial charge in [0.25, 0.3) is 0 Å². The molecule has 2 rings (SSSR count). The molecular formula is C24H32O5. The zero-order chi connectivity index (χ0) is 20.9. The van der Waals surface area contributed by atoms with Crippen molar-refractivity contribution < 1.29 is 24.1 Å². The van der Waals surface area contributed by atoms with E-state index in [0.717, 1.165) is 16.9 Å². The fourth-order valence-corrected chi connectivity index (χ4v) is 2.87. The van der Waals surface area contributed by atoms with E-state index in [0.29, 0.717) is 26.1 Å². The SMILES string of the molecule is C=CC[C@H](O)C[C@@H](OCc1ccc(OC)cc1)[C@@H](C)OCOCc1ccccc1. The molecule has 0 radical (unpaired) electrons. The second kappa shape index (κ2) is 13.1. The van der Waals surface area contributed by atoms with Gasteiger partial charge >= 0.3 is 0 Å². The third-order valence-electron chi connectivity index (χ3n) is 4.62. The zero-order valence-electron chi connectivity index (χ0n) is 17.3. The quantitative estimate of drug-likeness (QED) is 0.288. The summed E-state index contributed by atoms with van der Waals surface area (Å²) in [4.78, 5) is 0. The molecule has 0 aliphatic heterocycles. The molecule has 0 saturated carbocycles. The molecular weight excluding hydrogens is 368 g/mol. The highest BCUT2D eigenvalue weighted by atomic mass is 16.7. The van der Waals surface area contributed by atoms with Crippen molar-refractivity contribution in [3.05, 3.63) is 78.4 Å². The minimum atomic E-state index is -0.523.